The van der Waals surface area contributed by atoms with Gasteiger partial charge in [-0.05, 0) is 57.6 Å². The molecule has 3 rings (SSSR count). The van der Waals surface area contributed by atoms with Gasteiger partial charge in [-0.3, -0.25) is 14.5 Å². The Labute approximate surface area is 170 Å². The molecule has 2 aliphatic heterocycles. The summed E-state index contributed by atoms with van der Waals surface area (Å²) in [6, 6.07) is 9.20. The van der Waals surface area contributed by atoms with E-state index in [1.165, 1.54) is 31.2 Å². The van der Waals surface area contributed by atoms with Gasteiger partial charge in [-0.2, -0.15) is 0 Å². The predicted molar refractivity (Wildman–Crippen MR) is 114 cm³/mol. The third kappa shape index (κ3) is 5.30. The summed E-state index contributed by atoms with van der Waals surface area (Å²) in [5, 5.41) is 0. The molecule has 1 aromatic rings. The first-order valence-electron chi connectivity index (χ1n) is 11.1. The number of Topliss-reactive ketones (excluding diaryl/α,β-unsaturated/α-hetero) is 2. The van der Waals surface area contributed by atoms with Gasteiger partial charge in [0.2, 0.25) is 0 Å². The molecule has 1 aromatic carbocycles. The molecule has 0 aromatic heterocycles. The SMILES string of the molecule is CCC(C)C(=O)CN1C2CCC1CN(CCCCc1ccc(C(C)=O)cc1)C2. The molecule has 0 radical (unpaired) electrons. The van der Waals surface area contributed by atoms with Gasteiger partial charge >= 0.3 is 0 Å². The average Bonchev–Trinajstić information content (AvgIpc) is 2.92. The van der Waals surface area contributed by atoms with E-state index in [1.54, 1.807) is 6.92 Å². The van der Waals surface area contributed by atoms with Crippen LogP contribution < -0.4 is 0 Å². The molecule has 0 amide bonds. The molecule has 2 fully saturated rings. The van der Waals surface area contributed by atoms with Crippen LogP contribution in [0.3, 0.4) is 0 Å². The van der Waals surface area contributed by atoms with Crippen LogP contribution in [0.25, 0.3) is 0 Å². The summed E-state index contributed by atoms with van der Waals surface area (Å²) in [6.45, 7) is 9.85. The summed E-state index contributed by atoms with van der Waals surface area (Å²) >= 11 is 0. The molecular weight excluding hydrogens is 348 g/mol. The van der Waals surface area contributed by atoms with E-state index in [0.29, 0.717) is 24.4 Å². The lowest BCUT2D eigenvalue weighted by Gasteiger charge is -2.41. The van der Waals surface area contributed by atoms with Crippen LogP contribution in [-0.4, -0.2) is 59.6 Å². The van der Waals surface area contributed by atoms with E-state index in [1.807, 2.05) is 12.1 Å². The van der Waals surface area contributed by atoms with E-state index in [9.17, 15) is 9.59 Å². The minimum atomic E-state index is 0.131. The summed E-state index contributed by atoms with van der Waals surface area (Å²) in [5.74, 6) is 0.747. The third-order valence-corrected chi connectivity index (χ3v) is 6.76. The predicted octanol–water partition coefficient (Wildman–Crippen LogP) is 3.98. The van der Waals surface area contributed by atoms with E-state index in [-0.39, 0.29) is 11.7 Å². The van der Waals surface area contributed by atoms with Crippen LogP contribution in [0.2, 0.25) is 0 Å². The quantitative estimate of drug-likeness (QED) is 0.452. The highest BCUT2D eigenvalue weighted by molar-refractivity contribution is 5.94. The monoisotopic (exact) mass is 384 g/mol. The Balaban J connectivity index is 1.39. The van der Waals surface area contributed by atoms with Crippen molar-refractivity contribution >= 4 is 11.6 Å². The first-order chi connectivity index (χ1) is 13.5. The molecular formula is C24H36N2O2. The second-order valence-electron chi connectivity index (χ2n) is 8.80. The minimum absolute atomic E-state index is 0.131. The van der Waals surface area contributed by atoms with E-state index < -0.39 is 0 Å². The number of fused-ring (bicyclic) bond motifs is 2. The number of ketones is 2. The summed E-state index contributed by atoms with van der Waals surface area (Å²) < 4.78 is 0. The number of hydrogen-bond acceptors (Lipinski definition) is 4. The maximum absolute atomic E-state index is 12.4. The number of hydrogen-bond donors (Lipinski definition) is 0. The zero-order chi connectivity index (χ0) is 20.1. The molecule has 2 bridgehead atoms. The van der Waals surface area contributed by atoms with Crippen LogP contribution in [0.4, 0.5) is 0 Å². The van der Waals surface area contributed by atoms with Crippen LogP contribution in [0.1, 0.15) is 68.8 Å². The van der Waals surface area contributed by atoms with Crippen LogP contribution in [0.15, 0.2) is 24.3 Å². The first kappa shape index (κ1) is 21.2. The second-order valence-corrected chi connectivity index (χ2v) is 8.80. The van der Waals surface area contributed by atoms with E-state index in [4.69, 9.17) is 0 Å². The summed E-state index contributed by atoms with van der Waals surface area (Å²) in [4.78, 5) is 28.8. The molecule has 2 aliphatic rings. The molecule has 3 atom stereocenters. The molecule has 4 heteroatoms. The summed E-state index contributed by atoms with van der Waals surface area (Å²) in [7, 11) is 0. The van der Waals surface area contributed by atoms with Crippen molar-refractivity contribution < 1.29 is 9.59 Å². The fourth-order valence-corrected chi connectivity index (χ4v) is 4.65. The maximum atomic E-state index is 12.4. The van der Waals surface area contributed by atoms with Crippen molar-refractivity contribution in [3.63, 3.8) is 0 Å². The number of nitrogens with zero attached hydrogens (tertiary/aromatic N) is 2. The highest BCUT2D eigenvalue weighted by Crippen LogP contribution is 2.30. The van der Waals surface area contributed by atoms with Gasteiger partial charge in [0.05, 0.1) is 6.54 Å². The van der Waals surface area contributed by atoms with Crippen LogP contribution in [0, 0.1) is 5.92 Å². The Morgan fingerprint density at radius 2 is 1.71 bits per heavy atom. The molecule has 2 heterocycles. The minimum Gasteiger partial charge on any atom is -0.300 e. The maximum Gasteiger partial charge on any atom is 0.159 e. The normalized spacial score (nSPS) is 23.7. The molecule has 0 aliphatic carbocycles. The zero-order valence-electron chi connectivity index (χ0n) is 17.8. The van der Waals surface area contributed by atoms with Crippen molar-refractivity contribution in [2.75, 3.05) is 26.2 Å². The average molecular weight is 385 g/mol. The lowest BCUT2D eigenvalue weighted by Crippen LogP contribution is -2.55. The highest BCUT2D eigenvalue weighted by atomic mass is 16.1. The lowest BCUT2D eigenvalue weighted by atomic mass is 10.0. The fourth-order valence-electron chi connectivity index (χ4n) is 4.65. The van der Waals surface area contributed by atoms with Gasteiger partial charge in [-0.15, -0.1) is 0 Å². The molecule has 2 saturated heterocycles. The van der Waals surface area contributed by atoms with Crippen molar-refractivity contribution in [1.82, 2.24) is 9.80 Å². The number of benzene rings is 1. The summed E-state index contributed by atoms with van der Waals surface area (Å²) in [5.41, 5.74) is 2.11. The number of carbonyl (C=O) groups excluding carboxylic acids is 2. The van der Waals surface area contributed by atoms with Gasteiger partial charge in [0.25, 0.3) is 0 Å². The number of unbranched alkanes of at least 4 members (excludes halogenated alkanes) is 1. The van der Waals surface area contributed by atoms with Crippen molar-refractivity contribution in [1.29, 1.82) is 0 Å². The molecule has 4 nitrogen and oxygen atoms in total. The smallest absolute Gasteiger partial charge is 0.159 e. The third-order valence-electron chi connectivity index (χ3n) is 6.76. The number of rotatable bonds is 10. The number of likely N-dealkylation sites (tertiary alicyclic amines) is 1. The lowest BCUT2D eigenvalue weighted by molar-refractivity contribution is -0.125. The van der Waals surface area contributed by atoms with E-state index in [0.717, 1.165) is 38.0 Å². The van der Waals surface area contributed by atoms with Gasteiger partial charge in [0, 0.05) is 36.7 Å². The van der Waals surface area contributed by atoms with Crippen molar-refractivity contribution in [2.24, 2.45) is 5.92 Å². The molecule has 0 spiro atoms. The Kier molecular flexibility index (Phi) is 7.42. The first-order valence-corrected chi connectivity index (χ1v) is 11.1. The Morgan fingerprint density at radius 3 is 2.29 bits per heavy atom. The van der Waals surface area contributed by atoms with Crippen LogP contribution in [0.5, 0.6) is 0 Å². The van der Waals surface area contributed by atoms with Gasteiger partial charge in [0.1, 0.15) is 5.78 Å². The fraction of sp³-hybridized carbons (Fsp3) is 0.667. The van der Waals surface area contributed by atoms with Crippen molar-refractivity contribution in [2.45, 2.75) is 71.4 Å². The highest BCUT2D eigenvalue weighted by Gasteiger charge is 2.40. The Bertz CT molecular complexity index is 656. The van der Waals surface area contributed by atoms with Crippen LogP contribution >= 0.6 is 0 Å². The number of carbonyl (C=O) groups is 2. The van der Waals surface area contributed by atoms with Crippen molar-refractivity contribution in [3.05, 3.63) is 35.4 Å². The molecule has 28 heavy (non-hydrogen) atoms. The van der Waals surface area contributed by atoms with E-state index in [2.05, 4.69) is 35.8 Å². The van der Waals surface area contributed by atoms with Crippen molar-refractivity contribution in [3.8, 4) is 0 Å². The van der Waals surface area contributed by atoms with Crippen LogP contribution in [-0.2, 0) is 11.2 Å². The summed E-state index contributed by atoms with van der Waals surface area (Å²) in [6.07, 6.45) is 6.91. The molecule has 0 N–H and O–H groups in total. The molecule has 3 unspecified atom stereocenters. The van der Waals surface area contributed by atoms with Gasteiger partial charge in [-0.1, -0.05) is 38.1 Å². The Hall–Kier alpha value is -1.52. The van der Waals surface area contributed by atoms with Gasteiger partial charge < -0.3 is 4.90 Å². The standard InChI is InChI=1S/C24H36N2O2/c1-4-18(2)24(28)17-26-22-12-13-23(26)16-25(15-22)14-6-5-7-20-8-10-21(11-9-20)19(3)27/h8-11,18,22-23H,4-7,12-17H2,1-3H3. The second kappa shape index (κ2) is 9.80. The number of piperazine rings is 1. The van der Waals surface area contributed by atoms with Gasteiger partial charge in [-0.25, -0.2) is 0 Å². The largest absolute Gasteiger partial charge is 0.300 e. The number of aryl methyl sites for hydroxylation is 1. The molecule has 0 saturated carbocycles. The zero-order valence-corrected chi connectivity index (χ0v) is 17.8. The van der Waals surface area contributed by atoms with Gasteiger partial charge in [0.15, 0.2) is 5.78 Å². The van der Waals surface area contributed by atoms with E-state index >= 15 is 0 Å². The molecule has 154 valence electrons. The Morgan fingerprint density at radius 1 is 1.07 bits per heavy atom. The topological polar surface area (TPSA) is 40.6 Å².